The van der Waals surface area contributed by atoms with Crippen LogP contribution in [0.4, 0.5) is 4.79 Å². The number of hydrogen-bond donors (Lipinski definition) is 2. The topological polar surface area (TPSA) is 102 Å². The van der Waals surface area contributed by atoms with Crippen molar-refractivity contribution in [3.8, 4) is 0 Å². The van der Waals surface area contributed by atoms with E-state index in [-0.39, 0.29) is 11.6 Å². The van der Waals surface area contributed by atoms with Crippen LogP contribution in [0, 0.1) is 5.92 Å². The molecule has 0 rings (SSSR count). The van der Waals surface area contributed by atoms with Crippen LogP contribution in [0.1, 0.15) is 41.5 Å². The Labute approximate surface area is 153 Å². The van der Waals surface area contributed by atoms with Crippen LogP contribution < -0.4 is 5.32 Å². The molecular weight excluding hydrogens is 362 g/mol. The second-order valence-electron chi connectivity index (χ2n) is 8.55. The van der Waals surface area contributed by atoms with Crippen molar-refractivity contribution >= 4 is 24.5 Å². The lowest BCUT2D eigenvalue weighted by atomic mass is 10.1. The second kappa shape index (κ2) is 8.19. The van der Waals surface area contributed by atoms with Gasteiger partial charge in [0.05, 0.1) is 0 Å². The molecule has 0 heterocycles. The summed E-state index contributed by atoms with van der Waals surface area (Å²) >= 11 is 0. The average molecular weight is 396 g/mol. The molecule has 2 atom stereocenters. The fraction of sp³-hybridized carbons (Fsp3) is 0.812. The molecule has 0 saturated heterocycles. The molecule has 148 valence electrons. The highest BCUT2D eigenvalue weighted by Gasteiger charge is 2.40. The summed E-state index contributed by atoms with van der Waals surface area (Å²) in [5, 5.41) is 0.547. The Balaban J connectivity index is 5.30. The van der Waals surface area contributed by atoms with E-state index in [0.717, 1.165) is 0 Å². The Hall–Kier alpha value is -0.903. The lowest BCUT2D eigenvalue weighted by Gasteiger charge is -2.37. The van der Waals surface area contributed by atoms with Crippen molar-refractivity contribution in [2.24, 2.45) is 5.92 Å². The number of carbonyl (C=O) groups excluding carboxylic acids is 1. The van der Waals surface area contributed by atoms with E-state index in [1.165, 1.54) is 6.08 Å². The van der Waals surface area contributed by atoms with Gasteiger partial charge in [-0.05, 0) is 38.9 Å². The van der Waals surface area contributed by atoms with Crippen LogP contribution in [-0.4, -0.2) is 45.0 Å². The lowest BCUT2D eigenvalue weighted by molar-refractivity contribution is 0.0504. The van der Waals surface area contributed by atoms with Gasteiger partial charge >= 0.3 is 6.09 Å². The maximum absolute atomic E-state index is 11.9. The zero-order chi connectivity index (χ0) is 20.3. The summed E-state index contributed by atoms with van der Waals surface area (Å²) in [6, 6.07) is 0. The van der Waals surface area contributed by atoms with Gasteiger partial charge in [0.25, 0.3) is 10.1 Å². The molecule has 0 saturated carbocycles. The summed E-state index contributed by atoms with van der Waals surface area (Å²) in [5.41, 5.74) is -0.796. The first kappa shape index (κ1) is 24.1. The monoisotopic (exact) mass is 395 g/mol. The van der Waals surface area contributed by atoms with Gasteiger partial charge < -0.3 is 14.5 Å². The zero-order valence-corrected chi connectivity index (χ0v) is 18.4. The third-order valence-electron chi connectivity index (χ3n) is 4.11. The molecule has 0 aromatic heterocycles. The Kier molecular flexibility index (Phi) is 7.90. The smallest absolute Gasteiger partial charge is 0.408 e. The molecule has 0 unspecified atom stereocenters. The molecule has 2 N–H and O–H groups in total. The van der Waals surface area contributed by atoms with Crippen LogP contribution in [0.2, 0.25) is 18.1 Å². The van der Waals surface area contributed by atoms with Gasteiger partial charge in [0.15, 0.2) is 13.7 Å². The largest absolute Gasteiger partial charge is 0.444 e. The maximum Gasteiger partial charge on any atom is 0.408 e. The van der Waals surface area contributed by atoms with Crippen LogP contribution in [-0.2, 0) is 19.3 Å². The van der Waals surface area contributed by atoms with Crippen molar-refractivity contribution in [3.05, 3.63) is 12.7 Å². The number of ether oxygens (including phenoxy) is 1. The van der Waals surface area contributed by atoms with Crippen molar-refractivity contribution in [1.29, 1.82) is 0 Å². The minimum Gasteiger partial charge on any atom is -0.444 e. The number of carbonyl (C=O) groups is 1. The van der Waals surface area contributed by atoms with E-state index >= 15 is 0 Å². The number of hydrogen-bond acceptors (Lipinski definition) is 5. The number of rotatable bonds is 7. The molecular formula is C16H33NO6SSi. The molecule has 0 spiro atoms. The summed E-state index contributed by atoms with van der Waals surface area (Å²) in [4.78, 5) is 11.9. The Morgan fingerprint density at radius 3 is 2.04 bits per heavy atom. The van der Waals surface area contributed by atoms with Crippen molar-refractivity contribution in [2.45, 2.75) is 70.6 Å². The first-order valence-corrected chi connectivity index (χ1v) is 12.5. The number of nitrogens with one attached hydrogen (secondary N) is 1. The van der Waals surface area contributed by atoms with E-state index in [4.69, 9.17) is 9.16 Å². The Bertz CT molecular complexity index is 574. The van der Waals surface area contributed by atoms with Crippen molar-refractivity contribution in [3.63, 3.8) is 0 Å². The summed E-state index contributed by atoms with van der Waals surface area (Å²) in [7, 11) is -6.71. The predicted molar refractivity (Wildman–Crippen MR) is 102 cm³/mol. The van der Waals surface area contributed by atoms with Crippen molar-refractivity contribution in [1.82, 2.24) is 5.32 Å². The molecule has 1 amide bonds. The summed E-state index contributed by atoms with van der Waals surface area (Å²) in [5.74, 6) is -0.823. The van der Waals surface area contributed by atoms with E-state index in [1.54, 1.807) is 20.8 Å². The fourth-order valence-corrected chi connectivity index (χ4v) is 3.54. The first-order chi connectivity index (χ1) is 10.9. The van der Waals surface area contributed by atoms with Gasteiger partial charge in [-0.15, -0.1) is 6.58 Å². The first-order valence-electron chi connectivity index (χ1n) is 8.13. The number of alkyl carbamates (subject to hydrolysis) is 1. The van der Waals surface area contributed by atoms with Gasteiger partial charge in [0, 0.05) is 12.5 Å². The molecule has 7 nitrogen and oxygen atoms in total. The van der Waals surface area contributed by atoms with E-state index in [2.05, 4.69) is 32.7 Å². The van der Waals surface area contributed by atoms with E-state index in [1.807, 2.05) is 13.1 Å². The molecule has 0 aliphatic carbocycles. The fourth-order valence-electron chi connectivity index (χ4n) is 1.63. The molecule has 0 radical (unpaired) electrons. The minimum absolute atomic E-state index is 0.0141. The van der Waals surface area contributed by atoms with Crippen LogP contribution >= 0.6 is 0 Å². The highest BCUT2D eigenvalue weighted by molar-refractivity contribution is 7.86. The number of amides is 1. The lowest BCUT2D eigenvalue weighted by Crippen LogP contribution is -2.50. The second-order valence-corrected chi connectivity index (χ2v) is 14.9. The maximum atomic E-state index is 11.9. The van der Waals surface area contributed by atoms with Crippen molar-refractivity contribution < 1.29 is 26.9 Å². The standard InChI is InChI=1S/C16H33NO6SSi/c1-10-12(11-22-25(8,9)16(5,6)7)13(24(19,20)21)17-14(18)23-15(2,3)4/h10,12-13H,1,11H2,2-9H3,(H,17,18)(H,19,20,21)/t12-,13+/m0/s1. The van der Waals surface area contributed by atoms with Crippen LogP contribution in [0.25, 0.3) is 0 Å². The average Bonchev–Trinajstić information content (AvgIpc) is 2.33. The molecule has 0 aromatic carbocycles. The third-order valence-corrected chi connectivity index (χ3v) is 9.72. The summed E-state index contributed by atoms with van der Waals surface area (Å²) in [6.07, 6.45) is 0.414. The van der Waals surface area contributed by atoms with E-state index in [9.17, 15) is 17.8 Å². The van der Waals surface area contributed by atoms with Crippen LogP contribution in [0.15, 0.2) is 12.7 Å². The van der Waals surface area contributed by atoms with Crippen LogP contribution in [0.3, 0.4) is 0 Å². The van der Waals surface area contributed by atoms with Gasteiger partial charge in [-0.25, -0.2) is 4.79 Å². The zero-order valence-electron chi connectivity index (χ0n) is 16.5. The third kappa shape index (κ3) is 8.35. The molecule has 0 aliphatic heterocycles. The minimum atomic E-state index is -4.58. The summed E-state index contributed by atoms with van der Waals surface area (Å²) in [6.45, 7) is 18.8. The van der Waals surface area contributed by atoms with Gasteiger partial charge in [0.2, 0.25) is 0 Å². The SMILES string of the molecule is C=C[C@@H](CO[Si](C)(C)C(C)(C)C)[C@H](NC(=O)OC(C)(C)C)S(=O)(=O)O. The molecule has 0 fully saturated rings. The van der Waals surface area contributed by atoms with Crippen LogP contribution in [0.5, 0.6) is 0 Å². The molecule has 25 heavy (non-hydrogen) atoms. The Morgan fingerprint density at radius 2 is 1.72 bits per heavy atom. The predicted octanol–water partition coefficient (Wildman–Crippen LogP) is 3.55. The normalized spacial score (nSPS) is 16.0. The van der Waals surface area contributed by atoms with Gasteiger partial charge in [-0.3, -0.25) is 4.55 Å². The quantitative estimate of drug-likeness (QED) is 0.388. The summed E-state index contributed by atoms with van der Waals surface area (Å²) < 4.78 is 44.1. The highest BCUT2D eigenvalue weighted by Crippen LogP contribution is 2.37. The highest BCUT2D eigenvalue weighted by atomic mass is 32.2. The van der Waals surface area contributed by atoms with Gasteiger partial charge in [0.1, 0.15) is 5.60 Å². The van der Waals surface area contributed by atoms with Crippen molar-refractivity contribution in [2.75, 3.05) is 6.61 Å². The van der Waals surface area contributed by atoms with Gasteiger partial charge in [-0.1, -0.05) is 26.8 Å². The van der Waals surface area contributed by atoms with Gasteiger partial charge in [-0.2, -0.15) is 8.42 Å². The van der Waals surface area contributed by atoms with E-state index in [0.29, 0.717) is 0 Å². The molecule has 9 heteroatoms. The van der Waals surface area contributed by atoms with E-state index < -0.39 is 41.4 Å². The molecule has 0 aliphatic rings. The Morgan fingerprint density at radius 1 is 1.24 bits per heavy atom. The molecule has 0 bridgehead atoms. The molecule has 0 aromatic rings.